The number of rotatable bonds is 4. The van der Waals surface area contributed by atoms with E-state index in [1.54, 1.807) is 0 Å². The van der Waals surface area contributed by atoms with E-state index in [1.807, 2.05) is 24.3 Å². The highest BCUT2D eigenvalue weighted by atomic mass is 15.0. The first-order valence-corrected chi connectivity index (χ1v) is 15.3. The molecule has 0 spiro atoms. The van der Waals surface area contributed by atoms with Crippen LogP contribution in [0.1, 0.15) is 11.1 Å². The highest BCUT2D eigenvalue weighted by molar-refractivity contribution is 6.22. The monoisotopic (exact) mass is 586 g/mol. The number of benzene rings is 7. The molecule has 0 aliphatic heterocycles. The molecule has 2 aromatic heterocycles. The molecule has 0 radical (unpaired) electrons. The third kappa shape index (κ3) is 3.70. The highest BCUT2D eigenvalue weighted by Gasteiger charge is 2.21. The van der Waals surface area contributed by atoms with Crippen molar-refractivity contribution in [2.75, 3.05) is 0 Å². The number of nitrogens with one attached hydrogen (secondary N) is 1. The molecule has 9 aromatic rings. The van der Waals surface area contributed by atoms with Crippen LogP contribution in [0.15, 0.2) is 146 Å². The Bertz CT molecular complexity index is 2670. The predicted octanol–water partition coefficient (Wildman–Crippen LogP) is 10.6. The molecule has 7 aromatic carbocycles. The van der Waals surface area contributed by atoms with Gasteiger partial charge >= 0.3 is 0 Å². The molecule has 0 amide bonds. The maximum Gasteiger partial charge on any atom is 0.101 e. The van der Waals surface area contributed by atoms with Gasteiger partial charge in [-0.1, -0.05) is 103 Å². The lowest BCUT2D eigenvalue weighted by molar-refractivity contribution is 1.12. The van der Waals surface area contributed by atoms with Gasteiger partial charge in [0.1, 0.15) is 6.07 Å². The standard InChI is InChI=1S/C42H26N4/c43-25-30-22-31(26-44)41(24-40(30)45-36-16-8-6-14-33(36)34-15-7-9-17-37(34)45)46-38-20-19-29(27-10-2-1-3-11-27)23-35(38)42-32-13-5-4-12-28(32)18-21-39(42)46/h1-24,26,44H. The fourth-order valence-electron chi connectivity index (χ4n) is 7.22. The summed E-state index contributed by atoms with van der Waals surface area (Å²) in [5.41, 5.74) is 9.34. The van der Waals surface area contributed by atoms with E-state index in [1.165, 1.54) is 22.4 Å². The van der Waals surface area contributed by atoms with E-state index in [0.29, 0.717) is 11.1 Å². The summed E-state index contributed by atoms with van der Waals surface area (Å²) in [5.74, 6) is 0. The van der Waals surface area contributed by atoms with Crippen LogP contribution in [0, 0.1) is 16.7 Å². The largest absolute Gasteiger partial charge is 0.308 e. The normalized spacial score (nSPS) is 11.5. The molecule has 0 bridgehead atoms. The molecule has 0 fully saturated rings. The second kappa shape index (κ2) is 10.1. The molecule has 2 heterocycles. The van der Waals surface area contributed by atoms with Gasteiger partial charge in [-0.2, -0.15) is 5.26 Å². The van der Waals surface area contributed by atoms with E-state index < -0.39 is 0 Å². The van der Waals surface area contributed by atoms with E-state index in [-0.39, 0.29) is 0 Å². The van der Waals surface area contributed by atoms with E-state index >= 15 is 0 Å². The summed E-state index contributed by atoms with van der Waals surface area (Å²) in [6.45, 7) is 0. The van der Waals surface area contributed by atoms with Gasteiger partial charge in [0.25, 0.3) is 0 Å². The first-order valence-electron chi connectivity index (χ1n) is 15.3. The second-order valence-corrected chi connectivity index (χ2v) is 11.7. The second-order valence-electron chi connectivity index (χ2n) is 11.7. The van der Waals surface area contributed by atoms with Crippen molar-refractivity contribution in [1.29, 1.82) is 10.7 Å². The fraction of sp³-hybridized carbons (Fsp3) is 0. The van der Waals surface area contributed by atoms with Gasteiger partial charge in [-0.15, -0.1) is 0 Å². The lowest BCUT2D eigenvalue weighted by atomic mass is 10.0. The van der Waals surface area contributed by atoms with Crippen molar-refractivity contribution in [3.8, 4) is 28.6 Å². The van der Waals surface area contributed by atoms with Crippen LogP contribution >= 0.6 is 0 Å². The number of nitriles is 1. The summed E-state index contributed by atoms with van der Waals surface area (Å²) in [7, 11) is 0. The minimum absolute atomic E-state index is 0.520. The van der Waals surface area contributed by atoms with Crippen LogP contribution in [0.3, 0.4) is 0 Å². The molecule has 0 aliphatic carbocycles. The summed E-state index contributed by atoms with van der Waals surface area (Å²) in [5, 5.41) is 25.9. The van der Waals surface area contributed by atoms with E-state index in [4.69, 9.17) is 5.41 Å². The lowest BCUT2D eigenvalue weighted by Crippen LogP contribution is -2.05. The molecule has 46 heavy (non-hydrogen) atoms. The van der Waals surface area contributed by atoms with E-state index in [2.05, 4.69) is 137 Å². The quantitative estimate of drug-likeness (QED) is 0.205. The van der Waals surface area contributed by atoms with Crippen molar-refractivity contribution in [2.45, 2.75) is 0 Å². The zero-order chi connectivity index (χ0) is 30.8. The van der Waals surface area contributed by atoms with Crippen molar-refractivity contribution in [2.24, 2.45) is 0 Å². The Morgan fingerprint density at radius 2 is 1.11 bits per heavy atom. The maximum atomic E-state index is 10.5. The molecule has 1 N–H and O–H groups in total. The van der Waals surface area contributed by atoms with Crippen LogP contribution in [0.4, 0.5) is 0 Å². The molecule has 9 rings (SSSR count). The number of hydrogen-bond donors (Lipinski definition) is 1. The Labute approximate surface area is 265 Å². The van der Waals surface area contributed by atoms with Crippen LogP contribution in [-0.4, -0.2) is 15.3 Å². The Kier molecular flexibility index (Phi) is 5.68. The molecule has 214 valence electrons. The molecule has 4 nitrogen and oxygen atoms in total. The first kappa shape index (κ1) is 26.0. The predicted molar refractivity (Wildman–Crippen MR) is 191 cm³/mol. The van der Waals surface area contributed by atoms with E-state index in [0.717, 1.165) is 60.7 Å². The van der Waals surface area contributed by atoms with Crippen molar-refractivity contribution in [1.82, 2.24) is 9.13 Å². The molecule has 0 atom stereocenters. The zero-order valence-corrected chi connectivity index (χ0v) is 24.8. The summed E-state index contributed by atoms with van der Waals surface area (Å²) in [6.07, 6.45) is 1.36. The van der Waals surface area contributed by atoms with Gasteiger partial charge in [-0.05, 0) is 64.4 Å². The molecule has 0 unspecified atom stereocenters. The van der Waals surface area contributed by atoms with Crippen molar-refractivity contribution in [3.63, 3.8) is 0 Å². The zero-order valence-electron chi connectivity index (χ0n) is 24.8. The maximum absolute atomic E-state index is 10.5. The molecule has 4 heteroatoms. The van der Waals surface area contributed by atoms with Crippen LogP contribution < -0.4 is 0 Å². The fourth-order valence-corrected chi connectivity index (χ4v) is 7.22. The lowest BCUT2D eigenvalue weighted by Gasteiger charge is -2.17. The number of para-hydroxylation sites is 2. The van der Waals surface area contributed by atoms with Crippen molar-refractivity contribution < 1.29 is 0 Å². The van der Waals surface area contributed by atoms with Gasteiger partial charge in [0, 0.05) is 33.3 Å². The SMILES string of the molecule is N#Cc1cc(C=N)c(-n2c3ccc(-c4ccccc4)cc3c3c4ccccc4ccc32)cc1-n1c2ccccc2c2ccccc21. The number of fused-ring (bicyclic) bond motifs is 8. The average Bonchev–Trinajstić information content (AvgIpc) is 3.64. The molecule has 0 aliphatic rings. The summed E-state index contributed by atoms with van der Waals surface area (Å²) in [6, 6.07) is 53.1. The summed E-state index contributed by atoms with van der Waals surface area (Å²) in [4.78, 5) is 0. The Hall–Kier alpha value is -6.44. The third-order valence-electron chi connectivity index (χ3n) is 9.24. The Morgan fingerprint density at radius 3 is 1.83 bits per heavy atom. The van der Waals surface area contributed by atoms with Crippen molar-refractivity contribution in [3.05, 3.63) is 157 Å². The van der Waals surface area contributed by atoms with Gasteiger partial charge in [0.2, 0.25) is 0 Å². The van der Waals surface area contributed by atoms with Gasteiger partial charge < -0.3 is 14.5 Å². The van der Waals surface area contributed by atoms with Gasteiger partial charge in [0.05, 0.1) is 39.0 Å². The Balaban J connectivity index is 1.42. The van der Waals surface area contributed by atoms with Crippen LogP contribution in [0.5, 0.6) is 0 Å². The summed E-state index contributed by atoms with van der Waals surface area (Å²) >= 11 is 0. The summed E-state index contributed by atoms with van der Waals surface area (Å²) < 4.78 is 4.46. The van der Waals surface area contributed by atoms with E-state index in [9.17, 15) is 5.26 Å². The van der Waals surface area contributed by atoms with Gasteiger partial charge in [-0.3, -0.25) is 0 Å². The highest BCUT2D eigenvalue weighted by Crippen LogP contribution is 2.41. The van der Waals surface area contributed by atoms with Crippen molar-refractivity contribution >= 4 is 60.6 Å². The van der Waals surface area contributed by atoms with Crippen LogP contribution in [0.25, 0.3) is 76.9 Å². The minimum Gasteiger partial charge on any atom is -0.308 e. The number of nitrogens with zero attached hydrogens (tertiary/aromatic N) is 3. The smallest absolute Gasteiger partial charge is 0.101 e. The van der Waals surface area contributed by atoms with Gasteiger partial charge in [-0.25, -0.2) is 0 Å². The average molecular weight is 587 g/mol. The number of aromatic nitrogens is 2. The topological polar surface area (TPSA) is 57.5 Å². The third-order valence-corrected chi connectivity index (χ3v) is 9.24. The van der Waals surface area contributed by atoms with Gasteiger partial charge in [0.15, 0.2) is 0 Å². The van der Waals surface area contributed by atoms with Crippen LogP contribution in [0.2, 0.25) is 0 Å². The van der Waals surface area contributed by atoms with Crippen LogP contribution in [-0.2, 0) is 0 Å². The molecular weight excluding hydrogens is 560 g/mol. The Morgan fingerprint density at radius 1 is 0.500 bits per heavy atom. The first-order chi connectivity index (χ1) is 22.7. The minimum atomic E-state index is 0.520. The molecule has 0 saturated carbocycles. The molecule has 0 saturated heterocycles. The molecular formula is C42H26N4. The number of hydrogen-bond acceptors (Lipinski definition) is 2.